The van der Waals surface area contributed by atoms with Crippen LogP contribution in [0.2, 0.25) is 0 Å². The molecule has 186 valence electrons. The highest BCUT2D eigenvalue weighted by molar-refractivity contribution is 5.63. The van der Waals surface area contributed by atoms with Gasteiger partial charge in [-0.1, -0.05) is 26.8 Å². The molecule has 2 aliphatic heterocycles. The van der Waals surface area contributed by atoms with Gasteiger partial charge in [0, 0.05) is 54.3 Å². The van der Waals surface area contributed by atoms with Crippen molar-refractivity contribution >= 4 is 0 Å². The van der Waals surface area contributed by atoms with Crippen molar-refractivity contribution < 1.29 is 32.0 Å². The van der Waals surface area contributed by atoms with Crippen LogP contribution < -0.4 is 4.74 Å². The highest BCUT2D eigenvalue weighted by Gasteiger charge is 2.82. The van der Waals surface area contributed by atoms with Crippen LogP contribution in [0.1, 0.15) is 89.6 Å². The van der Waals surface area contributed by atoms with Crippen LogP contribution in [0.5, 0.6) is 11.5 Å². The van der Waals surface area contributed by atoms with Crippen LogP contribution in [0.25, 0.3) is 0 Å². The Bertz CT molecular complexity index is 1430. The SMILES string of the molecule is [2H]C1([2H])C[C@]23c4c5ccc(O)c4O[C@H]2[C@@]2(OC)CC[C@@]3(C[C@@H]2[C@](C)(O)C(C)(C)C)[C@@H](C5)N1C([2H])([2H])C1([2H])C([2H])([2H])C1([2H])[2H]. The lowest BCUT2D eigenvalue weighted by Crippen LogP contribution is -2.83. The van der Waals surface area contributed by atoms with Crippen LogP contribution in [0, 0.1) is 22.6 Å². The second-order valence-electron chi connectivity index (χ2n) is 12.5. The quantitative estimate of drug-likeness (QED) is 0.674. The first-order valence-corrected chi connectivity index (χ1v) is 12.5. The zero-order chi connectivity index (χ0) is 32.0. The Kier molecular flexibility index (Phi) is 2.69. The molecule has 1 aromatic rings. The van der Waals surface area contributed by atoms with E-state index in [4.69, 9.17) is 16.3 Å². The molecule has 2 N–H and O–H groups in total. The lowest BCUT2D eigenvalue weighted by atomic mass is 9.33. The Labute approximate surface area is 216 Å². The zero-order valence-corrected chi connectivity index (χ0v) is 20.6. The van der Waals surface area contributed by atoms with E-state index in [1.807, 2.05) is 20.8 Å². The van der Waals surface area contributed by atoms with E-state index >= 15 is 0 Å². The molecular weight excluding hydrogens is 426 g/mol. The Morgan fingerprint density at radius 1 is 1.26 bits per heavy atom. The largest absolute Gasteiger partial charge is 0.504 e. The fraction of sp³-hybridized carbons (Fsp3) is 0.793. The van der Waals surface area contributed by atoms with Gasteiger partial charge >= 0.3 is 0 Å². The van der Waals surface area contributed by atoms with Gasteiger partial charge in [-0.05, 0) is 81.2 Å². The molecule has 34 heavy (non-hydrogen) atoms. The van der Waals surface area contributed by atoms with Gasteiger partial charge < -0.3 is 19.7 Å². The third kappa shape index (κ3) is 2.25. The summed E-state index contributed by atoms with van der Waals surface area (Å²) in [5, 5.41) is 23.4. The van der Waals surface area contributed by atoms with E-state index in [1.54, 1.807) is 20.1 Å². The van der Waals surface area contributed by atoms with Gasteiger partial charge in [-0.15, -0.1) is 0 Å². The second kappa shape index (κ2) is 6.33. The summed E-state index contributed by atoms with van der Waals surface area (Å²) in [7, 11) is 1.58. The van der Waals surface area contributed by atoms with E-state index in [0.29, 0.717) is 24.8 Å². The number of methoxy groups -OCH3 is 1. The number of hydrogen-bond donors (Lipinski definition) is 2. The molecule has 5 aliphatic carbocycles. The fourth-order valence-corrected chi connectivity index (χ4v) is 8.61. The number of piperidine rings is 1. The summed E-state index contributed by atoms with van der Waals surface area (Å²) < 4.78 is 92.6. The third-order valence-electron chi connectivity index (χ3n) is 10.8. The molecule has 4 saturated carbocycles. The van der Waals surface area contributed by atoms with E-state index in [2.05, 4.69) is 0 Å². The molecule has 5 nitrogen and oxygen atoms in total. The standard InChI is InChI=1S/C29H41NO4/c1-25(2,3)26(4,32)20-15-27-10-11-29(20,33-5)24-28(27)12-13-30(16-17-6-7-17)21(27)14-18-8-9-19(31)23(34-24)22(18)28/h8-9,17,20-21,24,31-32H,6-7,10-16H2,1-5H3/t20-,21-,24-,26+,27-,28+,29-/m1/s1/i6D2,7D2,13D2,16D2,17D. The predicted molar refractivity (Wildman–Crippen MR) is 130 cm³/mol. The maximum Gasteiger partial charge on any atom is 0.165 e. The van der Waals surface area contributed by atoms with E-state index in [-0.39, 0.29) is 24.3 Å². The molecule has 1 aromatic carbocycles. The number of hydrogen-bond acceptors (Lipinski definition) is 5. The first-order valence-electron chi connectivity index (χ1n) is 17.0. The van der Waals surface area contributed by atoms with Gasteiger partial charge in [-0.3, -0.25) is 4.90 Å². The minimum atomic E-state index is -3.05. The van der Waals surface area contributed by atoms with Crippen LogP contribution in [0.15, 0.2) is 12.1 Å². The molecule has 0 unspecified atom stereocenters. The molecule has 0 aromatic heterocycles. The van der Waals surface area contributed by atoms with Crippen LogP contribution in [-0.4, -0.2) is 58.6 Å². The minimum absolute atomic E-state index is 0.0799. The first-order chi connectivity index (χ1) is 19.4. The van der Waals surface area contributed by atoms with Crippen LogP contribution in [0.3, 0.4) is 0 Å². The van der Waals surface area contributed by atoms with Crippen LogP contribution in [-0.2, 0) is 16.6 Å². The molecule has 8 rings (SSSR count). The number of likely N-dealkylation sites (tertiary alicyclic amines) is 1. The maximum absolute atomic E-state index is 12.3. The summed E-state index contributed by atoms with van der Waals surface area (Å²) in [6, 6.07) is 2.33. The minimum Gasteiger partial charge on any atom is -0.504 e. The highest BCUT2D eigenvalue weighted by Crippen LogP contribution is 2.78. The summed E-state index contributed by atoms with van der Waals surface area (Å²) in [4.78, 5) is 0.986. The average molecular weight is 477 g/mol. The molecule has 7 atom stereocenters. The molecule has 7 aliphatic rings. The van der Waals surface area contributed by atoms with Crippen molar-refractivity contribution in [3.63, 3.8) is 0 Å². The summed E-state index contributed by atoms with van der Waals surface area (Å²) >= 11 is 0. The number of ether oxygens (including phenoxy) is 2. The molecule has 0 amide bonds. The summed E-state index contributed by atoms with van der Waals surface area (Å²) in [6.45, 7) is 2.08. The average Bonchev–Trinajstić information content (AvgIpc) is 3.12. The van der Waals surface area contributed by atoms with E-state index in [1.165, 1.54) is 6.07 Å². The number of fused-ring (bicyclic) bond motifs is 2. The van der Waals surface area contributed by atoms with Gasteiger partial charge in [0.15, 0.2) is 11.5 Å². The monoisotopic (exact) mass is 476 g/mol. The molecule has 4 bridgehead atoms. The lowest BCUT2D eigenvalue weighted by molar-refractivity contribution is -0.312. The molecule has 0 radical (unpaired) electrons. The number of phenolic OH excluding ortho intramolecular Hbond substituents is 1. The Morgan fingerprint density at radius 3 is 2.71 bits per heavy atom. The molecular formula is C29H41NO4. The number of benzene rings is 1. The smallest absolute Gasteiger partial charge is 0.165 e. The van der Waals surface area contributed by atoms with Crippen molar-refractivity contribution in [3.8, 4) is 11.5 Å². The fourth-order valence-electron chi connectivity index (χ4n) is 8.61. The third-order valence-corrected chi connectivity index (χ3v) is 10.8. The first kappa shape index (κ1) is 14.4. The van der Waals surface area contributed by atoms with Gasteiger partial charge in [0.05, 0.1) is 5.60 Å². The van der Waals surface area contributed by atoms with Crippen molar-refractivity contribution in [1.82, 2.24) is 4.90 Å². The van der Waals surface area contributed by atoms with Crippen molar-refractivity contribution in [2.24, 2.45) is 22.6 Å². The molecule has 5 fully saturated rings. The van der Waals surface area contributed by atoms with E-state index < -0.39 is 77.1 Å². The summed E-state index contributed by atoms with van der Waals surface area (Å²) in [5.41, 5.74) is -3.56. The van der Waals surface area contributed by atoms with E-state index in [0.717, 1.165) is 10.5 Å². The zero-order valence-electron chi connectivity index (χ0n) is 29.6. The normalized spacial score (nSPS) is 53.6. The number of nitrogens with zero attached hydrogens (tertiary/aromatic N) is 1. The number of rotatable bonds is 4. The highest BCUT2D eigenvalue weighted by atomic mass is 16.6. The maximum atomic E-state index is 12.3. The summed E-state index contributed by atoms with van der Waals surface area (Å²) in [6.07, 6.45) is -5.47. The Hall–Kier alpha value is -1.30. The topological polar surface area (TPSA) is 62.2 Å². The van der Waals surface area contributed by atoms with Crippen molar-refractivity contribution in [1.29, 1.82) is 0 Å². The van der Waals surface area contributed by atoms with Crippen molar-refractivity contribution in [3.05, 3.63) is 23.3 Å². The molecule has 5 heteroatoms. The number of aliphatic hydroxyl groups is 1. The van der Waals surface area contributed by atoms with Crippen LogP contribution in [0.4, 0.5) is 0 Å². The van der Waals surface area contributed by atoms with Gasteiger partial charge in [0.1, 0.15) is 11.7 Å². The molecule has 2 spiro atoms. The van der Waals surface area contributed by atoms with Crippen molar-refractivity contribution in [2.45, 2.75) is 101 Å². The number of aromatic hydroxyl groups is 1. The van der Waals surface area contributed by atoms with Crippen molar-refractivity contribution in [2.75, 3.05) is 20.1 Å². The lowest BCUT2D eigenvalue weighted by Gasteiger charge is -2.75. The Balaban J connectivity index is 1.52. The molecule has 2 heterocycles. The predicted octanol–water partition coefficient (Wildman–Crippen LogP) is 4.41. The van der Waals surface area contributed by atoms with E-state index in [9.17, 15) is 15.7 Å². The summed E-state index contributed by atoms with van der Waals surface area (Å²) in [5.74, 6) is -3.24. The molecule has 1 saturated heterocycles. The second-order valence-corrected chi connectivity index (χ2v) is 12.5. The van der Waals surface area contributed by atoms with Crippen LogP contribution >= 0.6 is 0 Å². The van der Waals surface area contributed by atoms with Gasteiger partial charge in [0.2, 0.25) is 0 Å². The van der Waals surface area contributed by atoms with Gasteiger partial charge in [0.25, 0.3) is 0 Å². The van der Waals surface area contributed by atoms with Gasteiger partial charge in [-0.25, -0.2) is 0 Å². The number of phenols is 1. The Morgan fingerprint density at radius 2 is 2.03 bits per heavy atom. The van der Waals surface area contributed by atoms with Gasteiger partial charge in [-0.2, -0.15) is 0 Å².